The van der Waals surface area contributed by atoms with Crippen LogP contribution in [0.2, 0.25) is 0 Å². The van der Waals surface area contributed by atoms with Crippen LogP contribution in [0.4, 0.5) is 5.82 Å². The van der Waals surface area contributed by atoms with E-state index in [1.165, 1.54) is 23.1 Å². The van der Waals surface area contributed by atoms with Crippen molar-refractivity contribution in [2.75, 3.05) is 18.5 Å². The van der Waals surface area contributed by atoms with E-state index in [4.69, 9.17) is 4.74 Å². The molecule has 0 fully saturated rings. The zero-order valence-corrected chi connectivity index (χ0v) is 12.4. The molecule has 0 radical (unpaired) electrons. The summed E-state index contributed by atoms with van der Waals surface area (Å²) in [6.45, 7) is 5.86. The summed E-state index contributed by atoms with van der Waals surface area (Å²) >= 11 is 2.97. The van der Waals surface area contributed by atoms with Gasteiger partial charge in [0.05, 0.1) is 0 Å². The van der Waals surface area contributed by atoms with Gasteiger partial charge in [0.1, 0.15) is 23.0 Å². The number of nitrogens with one attached hydrogen (secondary N) is 1. The SMILES string of the molecule is CCNc1cc(Sc2nncs2)nc(COCC)n1. The highest BCUT2D eigenvalue weighted by molar-refractivity contribution is 8.00. The van der Waals surface area contributed by atoms with E-state index in [1.807, 2.05) is 19.9 Å². The molecule has 2 aromatic heterocycles. The average Bonchev–Trinajstić information content (AvgIpc) is 2.89. The Morgan fingerprint density at radius 2 is 2.26 bits per heavy atom. The molecule has 0 aliphatic rings. The molecule has 102 valence electrons. The summed E-state index contributed by atoms with van der Waals surface area (Å²) in [7, 11) is 0. The van der Waals surface area contributed by atoms with Gasteiger partial charge in [-0.25, -0.2) is 9.97 Å². The van der Waals surface area contributed by atoms with Gasteiger partial charge in [0.25, 0.3) is 0 Å². The molecule has 0 aromatic carbocycles. The summed E-state index contributed by atoms with van der Waals surface area (Å²) in [5.74, 6) is 1.48. The molecule has 2 aromatic rings. The van der Waals surface area contributed by atoms with Crippen LogP contribution in [-0.4, -0.2) is 33.3 Å². The first-order valence-corrected chi connectivity index (χ1v) is 7.65. The van der Waals surface area contributed by atoms with Crippen LogP contribution in [0.1, 0.15) is 19.7 Å². The lowest BCUT2D eigenvalue weighted by Crippen LogP contribution is -2.05. The second-order valence-corrected chi connectivity index (χ2v) is 5.58. The molecule has 0 amide bonds. The van der Waals surface area contributed by atoms with Gasteiger partial charge < -0.3 is 10.1 Å². The van der Waals surface area contributed by atoms with Crippen LogP contribution in [0.25, 0.3) is 0 Å². The van der Waals surface area contributed by atoms with E-state index in [2.05, 4.69) is 25.5 Å². The average molecular weight is 297 g/mol. The Morgan fingerprint density at radius 3 is 2.95 bits per heavy atom. The minimum Gasteiger partial charge on any atom is -0.374 e. The third kappa shape index (κ3) is 4.41. The highest BCUT2D eigenvalue weighted by Crippen LogP contribution is 2.28. The van der Waals surface area contributed by atoms with E-state index in [-0.39, 0.29) is 0 Å². The Balaban J connectivity index is 2.17. The number of hydrogen-bond acceptors (Lipinski definition) is 8. The minimum atomic E-state index is 0.416. The Morgan fingerprint density at radius 1 is 1.37 bits per heavy atom. The van der Waals surface area contributed by atoms with Crippen LogP contribution in [0, 0.1) is 0 Å². The first-order valence-electron chi connectivity index (χ1n) is 5.95. The molecule has 1 N–H and O–H groups in total. The van der Waals surface area contributed by atoms with Crippen molar-refractivity contribution in [3.05, 3.63) is 17.4 Å². The molecule has 0 saturated carbocycles. The first kappa shape index (κ1) is 14.2. The molecule has 0 aliphatic heterocycles. The zero-order chi connectivity index (χ0) is 13.5. The number of ether oxygens (including phenoxy) is 1. The lowest BCUT2D eigenvalue weighted by molar-refractivity contribution is 0.128. The fourth-order valence-electron chi connectivity index (χ4n) is 1.35. The molecule has 8 heteroatoms. The molecule has 2 rings (SSSR count). The van der Waals surface area contributed by atoms with Crippen molar-refractivity contribution < 1.29 is 4.74 Å². The predicted molar refractivity (Wildman–Crippen MR) is 75.6 cm³/mol. The van der Waals surface area contributed by atoms with Crippen molar-refractivity contribution in [3.63, 3.8) is 0 Å². The molecule has 19 heavy (non-hydrogen) atoms. The third-order valence-electron chi connectivity index (χ3n) is 2.07. The van der Waals surface area contributed by atoms with Crippen molar-refractivity contribution in [2.24, 2.45) is 0 Å². The number of anilines is 1. The van der Waals surface area contributed by atoms with Crippen LogP contribution in [0.5, 0.6) is 0 Å². The second-order valence-electron chi connectivity index (χ2n) is 3.48. The van der Waals surface area contributed by atoms with Gasteiger partial charge in [-0.1, -0.05) is 11.3 Å². The van der Waals surface area contributed by atoms with E-state index in [0.717, 1.165) is 21.7 Å². The Hall–Kier alpha value is -1.25. The van der Waals surface area contributed by atoms with Gasteiger partial charge in [-0.05, 0) is 25.6 Å². The molecule has 6 nitrogen and oxygen atoms in total. The third-order valence-corrected chi connectivity index (χ3v) is 3.77. The van der Waals surface area contributed by atoms with E-state index in [0.29, 0.717) is 19.0 Å². The maximum absolute atomic E-state index is 5.36. The fraction of sp³-hybridized carbons (Fsp3) is 0.455. The molecular weight excluding hydrogens is 282 g/mol. The van der Waals surface area contributed by atoms with Crippen LogP contribution in [0.3, 0.4) is 0 Å². The molecule has 0 saturated heterocycles. The largest absolute Gasteiger partial charge is 0.374 e. The molecule has 0 atom stereocenters. The molecule has 0 aliphatic carbocycles. The van der Waals surface area contributed by atoms with Crippen molar-refractivity contribution in [1.29, 1.82) is 0 Å². The van der Waals surface area contributed by atoms with Gasteiger partial charge in [0, 0.05) is 19.2 Å². The van der Waals surface area contributed by atoms with E-state index in [1.54, 1.807) is 5.51 Å². The van der Waals surface area contributed by atoms with E-state index >= 15 is 0 Å². The standard InChI is InChI=1S/C11H15N5OS2/c1-3-12-8-5-10(19-11-16-13-7-18-11)15-9(14-8)6-17-4-2/h5,7H,3-4,6H2,1-2H3,(H,12,14,15). The van der Waals surface area contributed by atoms with Gasteiger partial charge >= 0.3 is 0 Å². The number of hydrogen-bond donors (Lipinski definition) is 1. The van der Waals surface area contributed by atoms with Crippen LogP contribution in [-0.2, 0) is 11.3 Å². The first-order chi connectivity index (χ1) is 9.31. The zero-order valence-electron chi connectivity index (χ0n) is 10.8. The summed E-state index contributed by atoms with van der Waals surface area (Å²) in [6.07, 6.45) is 0. The monoisotopic (exact) mass is 297 g/mol. The van der Waals surface area contributed by atoms with E-state index in [9.17, 15) is 0 Å². The summed E-state index contributed by atoms with van der Waals surface area (Å²) in [4.78, 5) is 8.85. The summed E-state index contributed by atoms with van der Waals surface area (Å²) in [5.41, 5.74) is 1.70. The number of nitrogens with zero attached hydrogens (tertiary/aromatic N) is 4. The molecule has 0 spiro atoms. The number of rotatable bonds is 7. The molecular formula is C11H15N5OS2. The second kappa shape index (κ2) is 7.37. The van der Waals surface area contributed by atoms with Crippen molar-refractivity contribution >= 4 is 28.9 Å². The highest BCUT2D eigenvalue weighted by Gasteiger charge is 2.08. The number of aromatic nitrogens is 4. The highest BCUT2D eigenvalue weighted by atomic mass is 32.2. The van der Waals surface area contributed by atoms with Crippen LogP contribution < -0.4 is 5.32 Å². The Kier molecular flexibility index (Phi) is 5.49. The predicted octanol–water partition coefficient (Wildman–Crippen LogP) is 2.45. The van der Waals surface area contributed by atoms with Crippen LogP contribution >= 0.6 is 23.1 Å². The van der Waals surface area contributed by atoms with Gasteiger partial charge in [-0.15, -0.1) is 10.2 Å². The summed E-state index contributed by atoms with van der Waals surface area (Å²) in [6, 6.07) is 1.91. The smallest absolute Gasteiger partial charge is 0.180 e. The quantitative estimate of drug-likeness (QED) is 0.787. The lowest BCUT2D eigenvalue weighted by atomic mass is 10.5. The summed E-state index contributed by atoms with van der Waals surface area (Å²) < 4.78 is 6.22. The topological polar surface area (TPSA) is 72.8 Å². The lowest BCUT2D eigenvalue weighted by Gasteiger charge is -2.07. The van der Waals surface area contributed by atoms with Gasteiger partial charge in [0.15, 0.2) is 10.2 Å². The van der Waals surface area contributed by atoms with Crippen molar-refractivity contribution in [3.8, 4) is 0 Å². The molecule has 2 heterocycles. The van der Waals surface area contributed by atoms with Gasteiger partial charge in [-0.2, -0.15) is 0 Å². The normalized spacial score (nSPS) is 10.6. The van der Waals surface area contributed by atoms with Gasteiger partial charge in [-0.3, -0.25) is 0 Å². The Labute approximate surface area is 120 Å². The minimum absolute atomic E-state index is 0.416. The maximum Gasteiger partial charge on any atom is 0.180 e. The Bertz CT molecular complexity index is 506. The summed E-state index contributed by atoms with van der Waals surface area (Å²) in [5, 5.41) is 11.8. The maximum atomic E-state index is 5.36. The van der Waals surface area contributed by atoms with Crippen LogP contribution in [0.15, 0.2) is 20.9 Å². The van der Waals surface area contributed by atoms with E-state index < -0.39 is 0 Å². The molecule has 0 bridgehead atoms. The molecule has 0 unspecified atom stereocenters. The van der Waals surface area contributed by atoms with Crippen molar-refractivity contribution in [1.82, 2.24) is 20.2 Å². The fourth-order valence-corrected chi connectivity index (χ4v) is 2.80. The van der Waals surface area contributed by atoms with Gasteiger partial charge in [0.2, 0.25) is 0 Å². The van der Waals surface area contributed by atoms with Crippen molar-refractivity contribution in [2.45, 2.75) is 29.8 Å².